The van der Waals surface area contributed by atoms with Crippen LogP contribution in [0.4, 0.5) is 4.79 Å². The molecular weight excluding hydrogens is 324 g/mol. The predicted octanol–water partition coefficient (Wildman–Crippen LogP) is 3.21. The van der Waals surface area contributed by atoms with E-state index in [1.165, 1.54) is 0 Å². The van der Waals surface area contributed by atoms with Crippen molar-refractivity contribution in [2.45, 2.75) is 88.5 Å². The first-order chi connectivity index (χ1) is 11.6. The van der Waals surface area contributed by atoms with Crippen LogP contribution in [0.1, 0.15) is 71.1 Å². The molecule has 2 fully saturated rings. The number of unbranched alkanes of at least 4 members (excludes halogenated alkanes) is 4. The van der Waals surface area contributed by atoms with E-state index in [1.807, 2.05) is 11.8 Å². The van der Waals surface area contributed by atoms with Gasteiger partial charge in [0.25, 0.3) is 0 Å². The van der Waals surface area contributed by atoms with E-state index in [0.717, 1.165) is 50.7 Å². The van der Waals surface area contributed by atoms with Crippen molar-refractivity contribution in [1.82, 2.24) is 10.6 Å². The van der Waals surface area contributed by atoms with Crippen LogP contribution < -0.4 is 10.6 Å². The summed E-state index contributed by atoms with van der Waals surface area (Å²) in [4.78, 5) is 34.0. The molecule has 2 amide bonds. The molecule has 6 heteroatoms. The van der Waals surface area contributed by atoms with Crippen molar-refractivity contribution in [1.29, 1.82) is 0 Å². The number of hydrogen-bond donors (Lipinski definition) is 2. The predicted molar refractivity (Wildman–Crippen MR) is 97.3 cm³/mol. The highest BCUT2D eigenvalue weighted by Gasteiger charge is 2.42. The summed E-state index contributed by atoms with van der Waals surface area (Å²) in [5.41, 5.74) is 0. The van der Waals surface area contributed by atoms with Crippen LogP contribution in [0.15, 0.2) is 0 Å². The van der Waals surface area contributed by atoms with E-state index < -0.39 is 0 Å². The number of amides is 2. The number of thioether (sulfide) groups is 1. The van der Waals surface area contributed by atoms with Crippen LogP contribution in [0.5, 0.6) is 0 Å². The van der Waals surface area contributed by atoms with E-state index in [-0.39, 0.29) is 23.9 Å². The summed E-state index contributed by atoms with van der Waals surface area (Å²) in [6, 6.07) is 0.527. The second kappa shape index (κ2) is 10.1. The minimum Gasteiger partial charge on any atom is -0.332 e. The maximum atomic E-state index is 11.9. The first-order valence-corrected chi connectivity index (χ1v) is 10.3. The Bertz CT molecular complexity index is 456. The average molecular weight is 355 g/mol. The molecule has 2 aliphatic rings. The van der Waals surface area contributed by atoms with Gasteiger partial charge in [-0.25, -0.2) is 4.79 Å². The summed E-state index contributed by atoms with van der Waals surface area (Å²) >= 11 is 1.93. The van der Waals surface area contributed by atoms with Crippen molar-refractivity contribution in [2.24, 2.45) is 0 Å². The molecule has 3 atom stereocenters. The summed E-state index contributed by atoms with van der Waals surface area (Å²) in [7, 11) is 0. The van der Waals surface area contributed by atoms with Gasteiger partial charge in [-0.2, -0.15) is 11.8 Å². The highest BCUT2D eigenvalue weighted by atomic mass is 32.2. The molecular formula is C18H30N2O3S. The van der Waals surface area contributed by atoms with E-state index in [2.05, 4.69) is 10.6 Å². The number of rotatable bonds is 12. The van der Waals surface area contributed by atoms with Crippen LogP contribution in [0.3, 0.4) is 0 Å². The van der Waals surface area contributed by atoms with E-state index in [9.17, 15) is 14.4 Å². The Hall–Kier alpha value is -1.04. The molecule has 0 aromatic carbocycles. The fourth-order valence-electron chi connectivity index (χ4n) is 3.49. The van der Waals surface area contributed by atoms with E-state index in [0.29, 0.717) is 30.3 Å². The number of nitrogens with one attached hydrogen (secondary N) is 2. The molecule has 0 saturated carbocycles. The summed E-state index contributed by atoms with van der Waals surface area (Å²) in [5, 5.41) is 6.45. The first kappa shape index (κ1) is 19.3. The second-order valence-corrected chi connectivity index (χ2v) is 8.29. The zero-order valence-electron chi connectivity index (χ0n) is 14.6. The third-order valence-electron chi connectivity index (χ3n) is 4.87. The Labute approximate surface area is 149 Å². The van der Waals surface area contributed by atoms with Gasteiger partial charge in [0.2, 0.25) is 0 Å². The normalized spacial score (nSPS) is 25.2. The SMILES string of the molecule is CC(=O)CCCCCCC(=O)CCCCC1SCC2NC(=O)NC21. The van der Waals surface area contributed by atoms with Gasteiger partial charge in [-0.15, -0.1) is 0 Å². The van der Waals surface area contributed by atoms with Gasteiger partial charge >= 0.3 is 6.03 Å². The Morgan fingerprint density at radius 2 is 1.67 bits per heavy atom. The maximum Gasteiger partial charge on any atom is 0.315 e. The molecule has 24 heavy (non-hydrogen) atoms. The first-order valence-electron chi connectivity index (χ1n) is 9.26. The quantitative estimate of drug-likeness (QED) is 0.417. The highest BCUT2D eigenvalue weighted by Crippen LogP contribution is 2.33. The van der Waals surface area contributed by atoms with Gasteiger partial charge in [0.05, 0.1) is 12.1 Å². The van der Waals surface area contributed by atoms with Gasteiger partial charge in [-0.05, 0) is 32.6 Å². The summed E-state index contributed by atoms with van der Waals surface area (Å²) < 4.78 is 0. The molecule has 5 nitrogen and oxygen atoms in total. The molecule has 2 aliphatic heterocycles. The molecule has 0 aliphatic carbocycles. The summed E-state index contributed by atoms with van der Waals surface area (Å²) in [5.74, 6) is 1.62. The van der Waals surface area contributed by atoms with Crippen LogP contribution in [0, 0.1) is 0 Å². The van der Waals surface area contributed by atoms with E-state index in [4.69, 9.17) is 0 Å². The molecule has 0 spiro atoms. The van der Waals surface area contributed by atoms with Crippen LogP contribution in [0.2, 0.25) is 0 Å². The third kappa shape index (κ3) is 6.46. The van der Waals surface area contributed by atoms with Gasteiger partial charge in [0.15, 0.2) is 0 Å². The molecule has 2 N–H and O–H groups in total. The minimum absolute atomic E-state index is 0.0335. The largest absolute Gasteiger partial charge is 0.332 e. The van der Waals surface area contributed by atoms with Crippen molar-refractivity contribution in [3.63, 3.8) is 0 Å². The van der Waals surface area contributed by atoms with Crippen LogP contribution in [-0.2, 0) is 9.59 Å². The third-order valence-corrected chi connectivity index (χ3v) is 6.38. The van der Waals surface area contributed by atoms with Crippen molar-refractivity contribution in [3.8, 4) is 0 Å². The molecule has 2 heterocycles. The van der Waals surface area contributed by atoms with Gasteiger partial charge in [-0.1, -0.05) is 19.3 Å². The number of carbonyl (C=O) groups is 3. The lowest BCUT2D eigenvalue weighted by atomic mass is 10.0. The van der Waals surface area contributed by atoms with Gasteiger partial charge in [0, 0.05) is 30.3 Å². The molecule has 0 bridgehead atoms. The summed E-state index contributed by atoms with van der Waals surface area (Å²) in [6.45, 7) is 1.63. The fourth-order valence-corrected chi connectivity index (χ4v) is 5.03. The Kier molecular flexibility index (Phi) is 8.09. The van der Waals surface area contributed by atoms with Crippen molar-refractivity contribution >= 4 is 29.4 Å². The van der Waals surface area contributed by atoms with E-state index in [1.54, 1.807) is 6.92 Å². The number of Topliss-reactive ketones (excluding diaryl/α,β-unsaturated/α-hetero) is 2. The standard InChI is InChI=1S/C18H30N2O3S/c1-13(21)8-4-2-3-5-9-14(22)10-6-7-11-16-17-15(12-24-16)19-18(23)20-17/h15-17H,2-12H2,1H3,(H2,19,20,23). The van der Waals surface area contributed by atoms with Crippen molar-refractivity contribution in [3.05, 3.63) is 0 Å². The highest BCUT2D eigenvalue weighted by molar-refractivity contribution is 8.00. The molecule has 0 aromatic rings. The van der Waals surface area contributed by atoms with E-state index >= 15 is 0 Å². The van der Waals surface area contributed by atoms with Gasteiger partial charge in [0.1, 0.15) is 11.6 Å². The number of urea groups is 1. The topological polar surface area (TPSA) is 75.3 Å². The van der Waals surface area contributed by atoms with Gasteiger partial charge < -0.3 is 15.4 Å². The average Bonchev–Trinajstić information content (AvgIpc) is 3.06. The number of carbonyl (C=O) groups excluding carboxylic acids is 3. The molecule has 2 rings (SSSR count). The zero-order valence-corrected chi connectivity index (χ0v) is 15.5. The molecule has 3 unspecified atom stereocenters. The van der Waals surface area contributed by atoms with Crippen molar-refractivity contribution in [2.75, 3.05) is 5.75 Å². The zero-order chi connectivity index (χ0) is 17.4. The second-order valence-electron chi connectivity index (χ2n) is 7.02. The Morgan fingerprint density at radius 1 is 1.00 bits per heavy atom. The number of fused-ring (bicyclic) bond motifs is 1. The van der Waals surface area contributed by atoms with Crippen LogP contribution in [0.25, 0.3) is 0 Å². The van der Waals surface area contributed by atoms with Crippen LogP contribution >= 0.6 is 11.8 Å². The molecule has 0 aromatic heterocycles. The van der Waals surface area contributed by atoms with Gasteiger partial charge in [-0.3, -0.25) is 4.79 Å². The Morgan fingerprint density at radius 3 is 2.38 bits per heavy atom. The Balaban J connectivity index is 1.45. The summed E-state index contributed by atoms with van der Waals surface area (Å²) in [6.07, 6.45) is 9.14. The lowest BCUT2D eigenvalue weighted by molar-refractivity contribution is -0.119. The monoisotopic (exact) mass is 354 g/mol. The lowest BCUT2D eigenvalue weighted by Crippen LogP contribution is -2.36. The smallest absolute Gasteiger partial charge is 0.315 e. The molecule has 136 valence electrons. The minimum atomic E-state index is -0.0335. The lowest BCUT2D eigenvalue weighted by Gasteiger charge is -2.16. The number of ketones is 2. The van der Waals surface area contributed by atoms with Crippen LogP contribution in [-0.4, -0.2) is 40.7 Å². The van der Waals surface area contributed by atoms with Crippen molar-refractivity contribution < 1.29 is 14.4 Å². The number of hydrogen-bond acceptors (Lipinski definition) is 4. The molecule has 0 radical (unpaired) electrons. The fraction of sp³-hybridized carbons (Fsp3) is 0.833. The maximum absolute atomic E-state index is 11.9. The molecule has 2 saturated heterocycles.